The fraction of sp³-hybridized carbons (Fsp3) is 0.333. The van der Waals surface area contributed by atoms with Gasteiger partial charge in [0, 0.05) is 24.2 Å². The molecule has 0 amide bonds. The Balaban J connectivity index is 1.56. The first-order valence-electron chi connectivity index (χ1n) is 9.45. The topological polar surface area (TPSA) is 76.3 Å². The summed E-state index contributed by atoms with van der Waals surface area (Å²) in [5.74, 6) is 1.47. The summed E-state index contributed by atoms with van der Waals surface area (Å²) in [6.45, 7) is 5.31. The highest BCUT2D eigenvalue weighted by molar-refractivity contribution is 7.89. The van der Waals surface area contributed by atoms with E-state index in [0.717, 1.165) is 29.5 Å². The first kappa shape index (κ1) is 18.8. The van der Waals surface area contributed by atoms with E-state index in [1.54, 1.807) is 28.6 Å². The molecule has 146 valence electrons. The van der Waals surface area contributed by atoms with Crippen LogP contribution < -0.4 is 0 Å². The summed E-state index contributed by atoms with van der Waals surface area (Å²) in [5, 5.41) is 4.05. The molecule has 0 radical (unpaired) electrons. The Morgan fingerprint density at radius 3 is 2.39 bits per heavy atom. The molecule has 2 heterocycles. The van der Waals surface area contributed by atoms with Crippen LogP contribution in [0, 0.1) is 12.8 Å². The Morgan fingerprint density at radius 2 is 1.71 bits per heavy atom. The predicted molar refractivity (Wildman–Crippen MR) is 107 cm³/mol. The van der Waals surface area contributed by atoms with Gasteiger partial charge in [0.25, 0.3) is 5.89 Å². The van der Waals surface area contributed by atoms with E-state index in [0.29, 0.717) is 35.6 Å². The van der Waals surface area contributed by atoms with Crippen molar-refractivity contribution in [3.05, 3.63) is 54.1 Å². The van der Waals surface area contributed by atoms with Gasteiger partial charge >= 0.3 is 0 Å². The molecular weight excluding hydrogens is 374 g/mol. The zero-order valence-electron chi connectivity index (χ0n) is 16.0. The van der Waals surface area contributed by atoms with Gasteiger partial charge in [-0.2, -0.15) is 9.29 Å². The van der Waals surface area contributed by atoms with Crippen molar-refractivity contribution < 1.29 is 12.9 Å². The largest absolute Gasteiger partial charge is 0.334 e. The molecule has 0 saturated carbocycles. The highest BCUT2D eigenvalue weighted by atomic mass is 32.2. The molecule has 6 nitrogen and oxygen atoms in total. The van der Waals surface area contributed by atoms with Crippen molar-refractivity contribution >= 4 is 10.0 Å². The Labute approximate surface area is 165 Å². The Bertz CT molecular complexity index is 1070. The Morgan fingerprint density at radius 1 is 1.04 bits per heavy atom. The van der Waals surface area contributed by atoms with Crippen LogP contribution in [-0.2, 0) is 10.0 Å². The number of rotatable bonds is 4. The Kier molecular flexibility index (Phi) is 5.03. The van der Waals surface area contributed by atoms with Crippen molar-refractivity contribution in [2.75, 3.05) is 13.1 Å². The average molecular weight is 398 g/mol. The molecule has 2 aromatic carbocycles. The summed E-state index contributed by atoms with van der Waals surface area (Å²) in [4.78, 5) is 4.76. The zero-order chi connectivity index (χ0) is 19.7. The first-order chi connectivity index (χ1) is 13.4. The van der Waals surface area contributed by atoms with Crippen molar-refractivity contribution in [3.63, 3.8) is 0 Å². The van der Waals surface area contributed by atoms with Gasteiger partial charge in [-0.3, -0.25) is 0 Å². The normalized spacial score (nSPS) is 16.4. The minimum atomic E-state index is -3.46. The molecular formula is C21H23N3O3S. The van der Waals surface area contributed by atoms with Crippen LogP contribution in [0.5, 0.6) is 0 Å². The molecule has 0 spiro atoms. The third-order valence-electron chi connectivity index (χ3n) is 5.29. The van der Waals surface area contributed by atoms with E-state index in [-0.39, 0.29) is 0 Å². The van der Waals surface area contributed by atoms with Crippen molar-refractivity contribution in [3.8, 4) is 22.8 Å². The number of nitrogens with zero attached hydrogens (tertiary/aromatic N) is 3. The SMILES string of the molecule is Cc1ccccc1-c1nc(-c2ccc(S(=O)(=O)N3CCC(C)CC3)cc2)no1. The lowest BCUT2D eigenvalue weighted by Crippen LogP contribution is -2.37. The van der Waals surface area contributed by atoms with Crippen LogP contribution in [-0.4, -0.2) is 36.0 Å². The smallest absolute Gasteiger partial charge is 0.258 e. The van der Waals surface area contributed by atoms with Gasteiger partial charge in [0.1, 0.15) is 0 Å². The molecule has 0 atom stereocenters. The van der Waals surface area contributed by atoms with E-state index >= 15 is 0 Å². The molecule has 0 unspecified atom stereocenters. The van der Waals surface area contributed by atoms with Crippen LogP contribution in [0.15, 0.2) is 57.9 Å². The highest BCUT2D eigenvalue weighted by Crippen LogP contribution is 2.27. The number of sulfonamides is 1. The fourth-order valence-electron chi connectivity index (χ4n) is 3.41. The molecule has 1 fully saturated rings. The molecule has 3 aromatic rings. The predicted octanol–water partition coefficient (Wildman–Crippen LogP) is 4.13. The van der Waals surface area contributed by atoms with Crippen LogP contribution in [0.25, 0.3) is 22.8 Å². The molecule has 1 aliphatic heterocycles. The summed E-state index contributed by atoms with van der Waals surface area (Å²) in [6, 6.07) is 14.5. The summed E-state index contributed by atoms with van der Waals surface area (Å²) < 4.78 is 32.7. The molecule has 1 aliphatic rings. The van der Waals surface area contributed by atoms with Gasteiger partial charge in [-0.15, -0.1) is 0 Å². The number of benzene rings is 2. The van der Waals surface area contributed by atoms with Gasteiger partial charge in [0.05, 0.1) is 4.90 Å². The van der Waals surface area contributed by atoms with E-state index in [9.17, 15) is 8.42 Å². The van der Waals surface area contributed by atoms with Crippen LogP contribution in [0.4, 0.5) is 0 Å². The molecule has 4 rings (SSSR count). The lowest BCUT2D eigenvalue weighted by Gasteiger charge is -2.29. The van der Waals surface area contributed by atoms with Gasteiger partial charge in [-0.25, -0.2) is 8.42 Å². The zero-order valence-corrected chi connectivity index (χ0v) is 16.8. The van der Waals surface area contributed by atoms with Crippen molar-refractivity contribution in [1.29, 1.82) is 0 Å². The summed E-state index contributed by atoms with van der Waals surface area (Å²) >= 11 is 0. The maximum absolute atomic E-state index is 12.8. The van der Waals surface area contributed by atoms with Gasteiger partial charge in [-0.05, 0) is 61.6 Å². The standard InChI is InChI=1S/C21H23N3O3S/c1-15-11-13-24(14-12-15)28(25,26)18-9-7-17(8-10-18)20-22-21(27-23-20)19-6-4-3-5-16(19)2/h3-10,15H,11-14H2,1-2H3. The second-order valence-electron chi connectivity index (χ2n) is 7.35. The molecule has 1 aromatic heterocycles. The average Bonchev–Trinajstić information content (AvgIpc) is 3.19. The van der Waals surface area contributed by atoms with E-state index in [4.69, 9.17) is 4.52 Å². The van der Waals surface area contributed by atoms with Gasteiger partial charge < -0.3 is 4.52 Å². The van der Waals surface area contributed by atoms with Gasteiger partial charge in [0.2, 0.25) is 15.8 Å². The number of piperidine rings is 1. The van der Waals surface area contributed by atoms with Crippen molar-refractivity contribution in [2.45, 2.75) is 31.6 Å². The number of aromatic nitrogens is 2. The fourth-order valence-corrected chi connectivity index (χ4v) is 4.88. The van der Waals surface area contributed by atoms with Crippen LogP contribution in [0.2, 0.25) is 0 Å². The van der Waals surface area contributed by atoms with Crippen molar-refractivity contribution in [2.24, 2.45) is 5.92 Å². The minimum Gasteiger partial charge on any atom is -0.334 e. The van der Waals surface area contributed by atoms with E-state index in [2.05, 4.69) is 17.1 Å². The van der Waals surface area contributed by atoms with E-state index < -0.39 is 10.0 Å². The number of hydrogen-bond acceptors (Lipinski definition) is 5. The second kappa shape index (κ2) is 7.48. The monoisotopic (exact) mass is 397 g/mol. The molecule has 0 aliphatic carbocycles. The molecule has 0 N–H and O–H groups in total. The van der Waals surface area contributed by atoms with Crippen LogP contribution >= 0.6 is 0 Å². The number of aryl methyl sites for hydroxylation is 1. The molecule has 28 heavy (non-hydrogen) atoms. The van der Waals surface area contributed by atoms with Crippen molar-refractivity contribution in [1.82, 2.24) is 14.4 Å². The van der Waals surface area contributed by atoms with E-state index in [1.165, 1.54) is 0 Å². The summed E-state index contributed by atoms with van der Waals surface area (Å²) in [5.41, 5.74) is 2.66. The first-order valence-corrected chi connectivity index (χ1v) is 10.9. The van der Waals surface area contributed by atoms with Crippen LogP contribution in [0.1, 0.15) is 25.3 Å². The molecule has 1 saturated heterocycles. The van der Waals surface area contributed by atoms with E-state index in [1.807, 2.05) is 31.2 Å². The quantitative estimate of drug-likeness (QED) is 0.661. The van der Waals surface area contributed by atoms with Gasteiger partial charge in [-0.1, -0.05) is 30.3 Å². The second-order valence-corrected chi connectivity index (χ2v) is 9.29. The maximum atomic E-state index is 12.8. The van der Waals surface area contributed by atoms with Crippen LogP contribution in [0.3, 0.4) is 0 Å². The van der Waals surface area contributed by atoms with Gasteiger partial charge in [0.15, 0.2) is 0 Å². The summed E-state index contributed by atoms with van der Waals surface area (Å²) in [6.07, 6.45) is 1.81. The number of hydrogen-bond donors (Lipinski definition) is 0. The summed E-state index contributed by atoms with van der Waals surface area (Å²) in [7, 11) is -3.46. The highest BCUT2D eigenvalue weighted by Gasteiger charge is 2.28. The third-order valence-corrected chi connectivity index (χ3v) is 7.21. The molecule has 0 bridgehead atoms. The lowest BCUT2D eigenvalue weighted by molar-refractivity contribution is 0.288. The maximum Gasteiger partial charge on any atom is 0.258 e. The Hall–Kier alpha value is -2.51. The lowest BCUT2D eigenvalue weighted by atomic mass is 10.0. The third kappa shape index (κ3) is 3.59. The molecule has 7 heteroatoms. The minimum absolute atomic E-state index is 0.299.